The van der Waals surface area contributed by atoms with Gasteiger partial charge >= 0.3 is 0 Å². The average molecular weight is 513 g/mol. The highest BCUT2D eigenvalue weighted by molar-refractivity contribution is 6.06. The number of aliphatic imine (C=N–C) groups is 1. The molecule has 0 spiro atoms. The zero-order chi connectivity index (χ0) is 25.9. The van der Waals surface area contributed by atoms with Gasteiger partial charge < -0.3 is 19.6 Å². The van der Waals surface area contributed by atoms with Gasteiger partial charge in [-0.2, -0.15) is 0 Å². The second-order valence-corrected chi connectivity index (χ2v) is 10.6. The molecule has 204 valence electrons. The molecule has 8 heteroatoms. The SMILES string of the molecule is O=C1CN2Cc3cccc(OCCCCCCC(=O)N(CCCCCCO)C4CCCCC4)c3N=C2N1. The van der Waals surface area contributed by atoms with Crippen molar-refractivity contribution in [2.24, 2.45) is 4.99 Å². The molecule has 8 nitrogen and oxygen atoms in total. The number of hydrogen-bond donors (Lipinski definition) is 2. The average Bonchev–Trinajstić information content (AvgIpc) is 3.28. The third-order valence-electron chi connectivity index (χ3n) is 7.73. The molecular weight excluding hydrogens is 468 g/mol. The van der Waals surface area contributed by atoms with Crippen LogP contribution in [0.1, 0.15) is 95.5 Å². The predicted octanol–water partition coefficient (Wildman–Crippen LogP) is 4.66. The van der Waals surface area contributed by atoms with E-state index in [1.807, 2.05) is 23.1 Å². The lowest BCUT2D eigenvalue weighted by molar-refractivity contribution is -0.134. The quantitative estimate of drug-likeness (QED) is 0.333. The molecule has 0 atom stereocenters. The fraction of sp³-hybridized carbons (Fsp3) is 0.690. The van der Waals surface area contributed by atoms with Gasteiger partial charge in [-0.1, -0.05) is 57.1 Å². The third kappa shape index (κ3) is 7.94. The summed E-state index contributed by atoms with van der Waals surface area (Å²) in [6.45, 7) is 2.77. The molecule has 0 unspecified atom stereocenters. The highest BCUT2D eigenvalue weighted by Crippen LogP contribution is 2.36. The number of aliphatic hydroxyl groups excluding tert-OH is 1. The lowest BCUT2D eigenvalue weighted by atomic mass is 9.93. The first-order valence-corrected chi connectivity index (χ1v) is 14.4. The van der Waals surface area contributed by atoms with Crippen LogP contribution in [0.25, 0.3) is 0 Å². The van der Waals surface area contributed by atoms with Gasteiger partial charge in [0.05, 0.1) is 6.61 Å². The third-order valence-corrected chi connectivity index (χ3v) is 7.73. The van der Waals surface area contributed by atoms with Gasteiger partial charge in [0.1, 0.15) is 18.0 Å². The molecule has 1 aromatic carbocycles. The normalized spacial score (nSPS) is 17.2. The van der Waals surface area contributed by atoms with Crippen LogP contribution in [0.2, 0.25) is 0 Å². The summed E-state index contributed by atoms with van der Waals surface area (Å²) in [5, 5.41) is 11.8. The number of carbonyl (C=O) groups excluding carboxylic acids is 2. The zero-order valence-corrected chi connectivity index (χ0v) is 22.3. The van der Waals surface area contributed by atoms with E-state index in [-0.39, 0.29) is 12.5 Å². The predicted molar refractivity (Wildman–Crippen MR) is 145 cm³/mol. The Labute approximate surface area is 221 Å². The standard InChI is InChI=1S/C29H44N4O4/c34-19-10-3-2-9-18-33(24-14-6-5-7-15-24)27(36)17-8-1-4-11-20-37-25-16-12-13-23-21-32-22-26(35)30-29(32)31-28(23)25/h12-13,16,24,34H,1-11,14-15,17-22H2,(H,30,31,35). The maximum Gasteiger partial charge on any atom is 0.246 e. The number of fused-ring (bicyclic) bond motifs is 2. The number of nitrogens with one attached hydrogen (secondary N) is 1. The van der Waals surface area contributed by atoms with E-state index in [4.69, 9.17) is 9.84 Å². The van der Waals surface area contributed by atoms with E-state index in [0.717, 1.165) is 87.8 Å². The number of carbonyl (C=O) groups is 2. The van der Waals surface area contributed by atoms with Crippen LogP contribution in [0, 0.1) is 0 Å². The number of ether oxygens (including phenoxy) is 1. The summed E-state index contributed by atoms with van der Waals surface area (Å²) in [7, 11) is 0. The van der Waals surface area contributed by atoms with Crippen LogP contribution in [0.15, 0.2) is 23.2 Å². The van der Waals surface area contributed by atoms with E-state index in [9.17, 15) is 9.59 Å². The molecule has 3 aliphatic rings. The summed E-state index contributed by atoms with van der Waals surface area (Å²) >= 11 is 0. The van der Waals surface area contributed by atoms with E-state index >= 15 is 0 Å². The van der Waals surface area contributed by atoms with Gasteiger partial charge in [0.25, 0.3) is 0 Å². The van der Waals surface area contributed by atoms with Gasteiger partial charge in [-0.3, -0.25) is 14.9 Å². The lowest BCUT2D eigenvalue weighted by Crippen LogP contribution is -2.42. The Balaban J connectivity index is 1.15. The number of aliphatic hydroxyl groups is 1. The van der Waals surface area contributed by atoms with Crippen molar-refractivity contribution in [3.05, 3.63) is 23.8 Å². The minimum absolute atomic E-state index is 0.0209. The molecule has 2 aliphatic heterocycles. The fourth-order valence-corrected chi connectivity index (χ4v) is 5.68. The molecule has 2 heterocycles. The Morgan fingerprint density at radius 3 is 2.65 bits per heavy atom. The summed E-state index contributed by atoms with van der Waals surface area (Å²) in [4.78, 5) is 33.5. The Kier molecular flexibility index (Phi) is 10.6. The van der Waals surface area contributed by atoms with E-state index in [0.29, 0.717) is 44.0 Å². The zero-order valence-electron chi connectivity index (χ0n) is 22.3. The molecule has 1 saturated heterocycles. The van der Waals surface area contributed by atoms with Crippen molar-refractivity contribution in [2.45, 2.75) is 102 Å². The van der Waals surface area contributed by atoms with Crippen molar-refractivity contribution in [3.8, 4) is 5.75 Å². The van der Waals surface area contributed by atoms with Crippen LogP contribution in [0.3, 0.4) is 0 Å². The monoisotopic (exact) mass is 512 g/mol. The molecular formula is C29H44N4O4. The van der Waals surface area contributed by atoms with Crippen LogP contribution in [0.5, 0.6) is 5.75 Å². The number of unbranched alkanes of at least 4 members (excludes halogenated alkanes) is 6. The van der Waals surface area contributed by atoms with Gasteiger partial charge in [-0.05, 0) is 44.6 Å². The number of hydrogen-bond acceptors (Lipinski definition) is 6. The Morgan fingerprint density at radius 1 is 1.03 bits per heavy atom. The maximum absolute atomic E-state index is 13.1. The van der Waals surface area contributed by atoms with Gasteiger partial charge in [0.15, 0.2) is 0 Å². The van der Waals surface area contributed by atoms with E-state index in [2.05, 4.69) is 15.2 Å². The van der Waals surface area contributed by atoms with E-state index < -0.39 is 0 Å². The second kappa shape index (κ2) is 14.4. The van der Waals surface area contributed by atoms with Gasteiger partial charge in [-0.15, -0.1) is 0 Å². The molecule has 0 radical (unpaired) electrons. The number of amides is 2. The van der Waals surface area contributed by atoms with Crippen LogP contribution >= 0.6 is 0 Å². The number of nitrogens with zero attached hydrogens (tertiary/aromatic N) is 3. The van der Waals surface area contributed by atoms with Crippen molar-refractivity contribution in [1.82, 2.24) is 15.1 Å². The molecule has 2 fully saturated rings. The summed E-state index contributed by atoms with van der Waals surface area (Å²) in [6, 6.07) is 6.39. The molecule has 37 heavy (non-hydrogen) atoms. The molecule has 1 saturated carbocycles. The molecule has 1 aliphatic carbocycles. The molecule has 1 aromatic rings. The first-order valence-electron chi connectivity index (χ1n) is 14.4. The van der Waals surface area contributed by atoms with Crippen LogP contribution in [-0.2, 0) is 16.1 Å². The molecule has 0 aromatic heterocycles. The Morgan fingerprint density at radius 2 is 1.81 bits per heavy atom. The van der Waals surface area contributed by atoms with E-state index in [1.165, 1.54) is 19.3 Å². The first-order chi connectivity index (χ1) is 18.2. The molecule has 0 bridgehead atoms. The summed E-state index contributed by atoms with van der Waals surface area (Å²) in [6.07, 6.45) is 14.7. The van der Waals surface area contributed by atoms with Crippen LogP contribution in [0.4, 0.5) is 5.69 Å². The topological polar surface area (TPSA) is 94.5 Å². The minimum Gasteiger partial charge on any atom is -0.491 e. The Hall–Kier alpha value is -2.61. The van der Waals surface area contributed by atoms with Gasteiger partial charge in [0, 0.05) is 37.7 Å². The van der Waals surface area contributed by atoms with Crippen LogP contribution in [-0.4, -0.2) is 65.0 Å². The van der Waals surface area contributed by atoms with Crippen molar-refractivity contribution in [1.29, 1.82) is 0 Å². The molecule has 4 rings (SSSR count). The molecule has 2 N–H and O–H groups in total. The number of guanidine groups is 1. The fourth-order valence-electron chi connectivity index (χ4n) is 5.68. The van der Waals surface area contributed by atoms with Gasteiger partial charge in [-0.25, -0.2) is 4.99 Å². The first kappa shape index (κ1) is 27.4. The lowest BCUT2D eigenvalue weighted by Gasteiger charge is -2.34. The summed E-state index contributed by atoms with van der Waals surface area (Å²) < 4.78 is 6.07. The summed E-state index contributed by atoms with van der Waals surface area (Å²) in [5.41, 5.74) is 1.90. The van der Waals surface area contributed by atoms with Gasteiger partial charge in [0.2, 0.25) is 17.8 Å². The highest BCUT2D eigenvalue weighted by atomic mass is 16.5. The summed E-state index contributed by atoms with van der Waals surface area (Å²) in [5.74, 6) is 1.69. The number of rotatable bonds is 15. The van der Waals surface area contributed by atoms with E-state index in [1.54, 1.807) is 0 Å². The smallest absolute Gasteiger partial charge is 0.246 e. The Bertz CT molecular complexity index is 928. The van der Waals surface area contributed by atoms with Crippen molar-refractivity contribution < 1.29 is 19.4 Å². The number of benzene rings is 1. The largest absolute Gasteiger partial charge is 0.491 e. The van der Waals surface area contributed by atoms with Crippen LogP contribution < -0.4 is 10.1 Å². The molecule has 2 amide bonds. The van der Waals surface area contributed by atoms with Crippen molar-refractivity contribution in [2.75, 3.05) is 26.3 Å². The maximum atomic E-state index is 13.1. The van der Waals surface area contributed by atoms with Crippen molar-refractivity contribution in [3.63, 3.8) is 0 Å². The van der Waals surface area contributed by atoms with Crippen molar-refractivity contribution >= 4 is 23.5 Å². The second-order valence-electron chi connectivity index (χ2n) is 10.6. The highest BCUT2D eigenvalue weighted by Gasteiger charge is 2.30. The number of para-hydroxylation sites is 1. The minimum atomic E-state index is -0.0209.